The highest BCUT2D eigenvalue weighted by Crippen LogP contribution is 2.28. The van der Waals surface area contributed by atoms with Crippen LogP contribution in [0, 0.1) is 6.92 Å². The van der Waals surface area contributed by atoms with Gasteiger partial charge in [0, 0.05) is 4.47 Å². The monoisotopic (exact) mass is 342 g/mol. The van der Waals surface area contributed by atoms with Crippen molar-refractivity contribution in [2.24, 2.45) is 0 Å². The maximum atomic E-state index is 10.6. The molecule has 0 aliphatic carbocycles. The number of thioether (sulfide) groups is 1. The van der Waals surface area contributed by atoms with Gasteiger partial charge in [-0.3, -0.25) is 9.36 Å². The first-order valence-electron chi connectivity index (χ1n) is 5.31. The van der Waals surface area contributed by atoms with Crippen LogP contribution in [0.25, 0.3) is 5.69 Å². The van der Waals surface area contributed by atoms with Crippen molar-refractivity contribution in [1.29, 1.82) is 0 Å². The standard InChI is InChI=1S/C11H11BrN4O2S/c1-6-7(12)3-2-4-8(6)16-10(13)14-15-11(16)19-5-9(17)18/h2-4H,5H2,1H3,(H2,13,14)(H,17,18). The Morgan fingerprint density at radius 2 is 2.26 bits per heavy atom. The molecule has 0 fully saturated rings. The fraction of sp³-hybridized carbons (Fsp3) is 0.182. The van der Waals surface area contributed by atoms with Crippen molar-refractivity contribution in [3.63, 3.8) is 0 Å². The van der Waals surface area contributed by atoms with E-state index in [2.05, 4.69) is 26.1 Å². The van der Waals surface area contributed by atoms with Crippen LogP contribution in [0.15, 0.2) is 27.8 Å². The summed E-state index contributed by atoms with van der Waals surface area (Å²) in [6.07, 6.45) is 0. The van der Waals surface area contributed by atoms with E-state index < -0.39 is 5.97 Å². The molecule has 2 aromatic rings. The summed E-state index contributed by atoms with van der Waals surface area (Å²) in [5.41, 5.74) is 7.61. The zero-order chi connectivity index (χ0) is 14.0. The van der Waals surface area contributed by atoms with Crippen molar-refractivity contribution >= 4 is 39.6 Å². The first-order valence-corrected chi connectivity index (χ1v) is 7.09. The summed E-state index contributed by atoms with van der Waals surface area (Å²) < 4.78 is 2.58. The van der Waals surface area contributed by atoms with Crippen molar-refractivity contribution in [2.75, 3.05) is 11.5 Å². The van der Waals surface area contributed by atoms with Crippen molar-refractivity contribution in [1.82, 2.24) is 14.8 Å². The number of nitrogen functional groups attached to an aromatic ring is 1. The Kier molecular flexibility index (Phi) is 4.11. The first-order chi connectivity index (χ1) is 9.00. The maximum Gasteiger partial charge on any atom is 0.313 e. The van der Waals surface area contributed by atoms with Crippen LogP contribution in [0.2, 0.25) is 0 Å². The number of nitrogens with two attached hydrogens (primary N) is 1. The Bertz CT molecular complexity index is 629. The van der Waals surface area contributed by atoms with E-state index in [4.69, 9.17) is 10.8 Å². The second kappa shape index (κ2) is 5.62. The molecule has 0 unspecified atom stereocenters. The number of hydrogen-bond acceptors (Lipinski definition) is 5. The Morgan fingerprint density at radius 1 is 1.53 bits per heavy atom. The summed E-state index contributed by atoms with van der Waals surface area (Å²) in [4.78, 5) is 10.6. The molecule has 0 aliphatic heterocycles. The zero-order valence-electron chi connectivity index (χ0n) is 10.00. The second-order valence-corrected chi connectivity index (χ2v) is 5.54. The van der Waals surface area contributed by atoms with Crippen molar-refractivity contribution in [3.8, 4) is 5.69 Å². The van der Waals surface area contributed by atoms with Crippen molar-refractivity contribution in [2.45, 2.75) is 12.1 Å². The zero-order valence-corrected chi connectivity index (χ0v) is 12.4. The largest absolute Gasteiger partial charge is 0.481 e. The molecule has 0 atom stereocenters. The highest BCUT2D eigenvalue weighted by atomic mass is 79.9. The van der Waals surface area contributed by atoms with Gasteiger partial charge in [0.05, 0.1) is 11.4 Å². The minimum Gasteiger partial charge on any atom is -0.481 e. The van der Waals surface area contributed by atoms with Gasteiger partial charge in [-0.2, -0.15) is 0 Å². The van der Waals surface area contributed by atoms with E-state index in [1.54, 1.807) is 4.57 Å². The third-order valence-electron chi connectivity index (χ3n) is 2.46. The number of rotatable bonds is 4. The van der Waals surface area contributed by atoms with E-state index in [1.165, 1.54) is 0 Å². The van der Waals surface area contributed by atoms with Gasteiger partial charge < -0.3 is 10.8 Å². The molecule has 100 valence electrons. The van der Waals surface area contributed by atoms with Gasteiger partial charge in [0.1, 0.15) is 0 Å². The summed E-state index contributed by atoms with van der Waals surface area (Å²) >= 11 is 4.53. The normalized spacial score (nSPS) is 10.6. The van der Waals surface area contributed by atoms with Crippen LogP contribution in [0.5, 0.6) is 0 Å². The fourth-order valence-electron chi connectivity index (χ4n) is 1.57. The minimum absolute atomic E-state index is 0.0921. The topological polar surface area (TPSA) is 94.0 Å². The molecule has 2 rings (SSSR count). The van der Waals surface area contributed by atoms with Gasteiger partial charge in [-0.1, -0.05) is 33.8 Å². The van der Waals surface area contributed by atoms with Crippen molar-refractivity contribution in [3.05, 3.63) is 28.2 Å². The number of nitrogens with zero attached hydrogens (tertiary/aromatic N) is 3. The Labute approximate surface area is 122 Å². The third-order valence-corrected chi connectivity index (χ3v) is 4.24. The molecule has 3 N–H and O–H groups in total. The number of aliphatic carboxylic acids is 1. The van der Waals surface area contributed by atoms with E-state index in [0.717, 1.165) is 27.5 Å². The summed E-state index contributed by atoms with van der Waals surface area (Å²) in [6, 6.07) is 5.67. The van der Waals surface area contributed by atoms with Crippen LogP contribution in [-0.2, 0) is 4.79 Å². The molecule has 0 spiro atoms. The summed E-state index contributed by atoms with van der Waals surface area (Å²) in [5.74, 6) is -0.774. The molecule has 19 heavy (non-hydrogen) atoms. The fourth-order valence-corrected chi connectivity index (χ4v) is 2.59. The molecule has 0 aliphatic rings. The molecule has 0 amide bonds. The SMILES string of the molecule is Cc1c(Br)cccc1-n1c(N)nnc1SCC(=O)O. The molecule has 1 heterocycles. The number of anilines is 1. The predicted octanol–water partition coefficient (Wildman–Crippen LogP) is 2.10. The van der Waals surface area contributed by atoms with Crippen LogP contribution in [0.4, 0.5) is 5.95 Å². The predicted molar refractivity (Wildman–Crippen MR) is 76.6 cm³/mol. The second-order valence-electron chi connectivity index (χ2n) is 3.74. The third kappa shape index (κ3) is 2.90. The number of hydrogen-bond donors (Lipinski definition) is 2. The van der Waals surface area contributed by atoms with Crippen LogP contribution in [0.1, 0.15) is 5.56 Å². The summed E-state index contributed by atoms with van der Waals surface area (Å²) in [7, 11) is 0. The van der Waals surface area contributed by atoms with Crippen LogP contribution in [-0.4, -0.2) is 31.6 Å². The van der Waals surface area contributed by atoms with E-state index >= 15 is 0 Å². The van der Waals surface area contributed by atoms with Crippen LogP contribution >= 0.6 is 27.7 Å². The molecular weight excluding hydrogens is 332 g/mol. The Balaban J connectivity index is 2.46. The maximum absolute atomic E-state index is 10.6. The highest BCUT2D eigenvalue weighted by molar-refractivity contribution is 9.10. The van der Waals surface area contributed by atoms with Gasteiger partial charge in [-0.05, 0) is 24.6 Å². The Morgan fingerprint density at radius 3 is 2.95 bits per heavy atom. The molecule has 0 bridgehead atoms. The minimum atomic E-state index is -0.913. The number of carboxylic acid groups (broad SMARTS) is 1. The van der Waals surface area contributed by atoms with E-state index in [1.807, 2.05) is 25.1 Å². The number of carboxylic acids is 1. The van der Waals surface area contributed by atoms with Gasteiger partial charge in [0.25, 0.3) is 0 Å². The molecule has 8 heteroatoms. The van der Waals surface area contributed by atoms with Gasteiger partial charge in [-0.25, -0.2) is 0 Å². The Hall–Kier alpha value is -1.54. The highest BCUT2D eigenvalue weighted by Gasteiger charge is 2.15. The van der Waals surface area contributed by atoms with E-state index in [-0.39, 0.29) is 11.7 Å². The van der Waals surface area contributed by atoms with Gasteiger partial charge in [0.2, 0.25) is 5.95 Å². The lowest BCUT2D eigenvalue weighted by molar-refractivity contribution is -0.133. The summed E-state index contributed by atoms with van der Waals surface area (Å²) in [6.45, 7) is 1.94. The lowest BCUT2D eigenvalue weighted by atomic mass is 10.2. The molecule has 0 radical (unpaired) electrons. The van der Waals surface area contributed by atoms with Crippen LogP contribution in [0.3, 0.4) is 0 Å². The molecular formula is C11H11BrN4O2S. The number of carbonyl (C=O) groups is 1. The molecule has 1 aromatic carbocycles. The lowest BCUT2D eigenvalue weighted by Gasteiger charge is -2.11. The average molecular weight is 343 g/mol. The van der Waals surface area contributed by atoms with Gasteiger partial charge in [-0.15, -0.1) is 10.2 Å². The van der Waals surface area contributed by atoms with Crippen LogP contribution < -0.4 is 5.73 Å². The quantitative estimate of drug-likeness (QED) is 0.826. The summed E-state index contributed by atoms with van der Waals surface area (Å²) in [5, 5.41) is 16.9. The van der Waals surface area contributed by atoms with E-state index in [9.17, 15) is 4.79 Å². The lowest BCUT2D eigenvalue weighted by Crippen LogP contribution is -2.06. The smallest absolute Gasteiger partial charge is 0.313 e. The van der Waals surface area contributed by atoms with Gasteiger partial charge in [0.15, 0.2) is 5.16 Å². The average Bonchev–Trinajstić information content (AvgIpc) is 2.72. The molecule has 0 saturated carbocycles. The van der Waals surface area contributed by atoms with E-state index in [0.29, 0.717) is 5.16 Å². The first kappa shape index (κ1) is 13.9. The van der Waals surface area contributed by atoms with Gasteiger partial charge >= 0.3 is 5.97 Å². The van der Waals surface area contributed by atoms with Crippen molar-refractivity contribution < 1.29 is 9.90 Å². The molecule has 0 saturated heterocycles. The molecule has 1 aromatic heterocycles. The number of benzene rings is 1. The number of aromatic nitrogens is 3. The molecule has 6 nitrogen and oxygen atoms in total. The number of halogens is 1.